The van der Waals surface area contributed by atoms with Crippen LogP contribution < -0.4 is 44.7 Å². The number of nitrogens with one attached hydrogen (secondary N) is 1. The van der Waals surface area contributed by atoms with E-state index in [2.05, 4.69) is 15.5 Å². The largest absolute Gasteiger partial charge is 1.00 e. The van der Waals surface area contributed by atoms with Crippen LogP contribution in [0.3, 0.4) is 0 Å². The molecular weight excluding hydrogens is 588 g/mol. The average molecular weight is 610 g/mol. The third kappa shape index (κ3) is 6.77. The summed E-state index contributed by atoms with van der Waals surface area (Å²) < 4.78 is 38.9. The molecule has 0 bridgehead atoms. The van der Waals surface area contributed by atoms with Crippen molar-refractivity contribution in [3.05, 3.63) is 81.8 Å². The third-order valence-electron chi connectivity index (χ3n) is 5.78. The van der Waals surface area contributed by atoms with Crippen LogP contribution in [0, 0.1) is 0 Å². The van der Waals surface area contributed by atoms with Gasteiger partial charge in [-0.25, -0.2) is 0 Å². The van der Waals surface area contributed by atoms with E-state index in [-0.39, 0.29) is 74.1 Å². The molecule has 9 nitrogen and oxygen atoms in total. The Morgan fingerprint density at radius 2 is 1.73 bits per heavy atom. The molecule has 0 aliphatic rings. The molecule has 0 aliphatic heterocycles. The van der Waals surface area contributed by atoms with Gasteiger partial charge in [0.05, 0.1) is 27.9 Å². The Hall–Kier alpha value is -2.70. The number of anilines is 1. The topological polar surface area (TPSA) is 140 Å². The van der Waals surface area contributed by atoms with Crippen molar-refractivity contribution in [1.29, 1.82) is 0 Å². The minimum atomic E-state index is -4.56. The number of ether oxygens (including phenoxy) is 1. The van der Waals surface area contributed by atoms with Gasteiger partial charge in [0, 0.05) is 21.5 Å². The molecule has 0 aliphatic carbocycles. The van der Waals surface area contributed by atoms with Crippen LogP contribution in [0.2, 0.25) is 10.0 Å². The van der Waals surface area contributed by atoms with E-state index in [1.165, 1.54) is 24.3 Å². The van der Waals surface area contributed by atoms with Crippen LogP contribution >= 0.6 is 23.2 Å². The summed E-state index contributed by atoms with van der Waals surface area (Å²) in [5.74, 6) is -1.05. The first-order valence-electron chi connectivity index (χ1n) is 11.7. The summed E-state index contributed by atoms with van der Waals surface area (Å²) in [5.41, 5.74) is 0.0338. The molecule has 0 saturated heterocycles. The summed E-state index contributed by atoms with van der Waals surface area (Å²) in [6.07, 6.45) is 0.152. The summed E-state index contributed by atoms with van der Waals surface area (Å²) in [5, 5.41) is 25.8. The molecule has 0 saturated carbocycles. The minimum Gasteiger partial charge on any atom is -0.870 e. The van der Waals surface area contributed by atoms with Gasteiger partial charge in [0.15, 0.2) is 0 Å². The molecule has 0 heterocycles. The fraction of sp³-hybridized carbons (Fsp3) is 0.148. The Labute approximate surface area is 263 Å². The quantitative estimate of drug-likeness (QED) is 0.175. The Morgan fingerprint density at radius 3 is 2.40 bits per heavy atom. The van der Waals surface area contributed by atoms with Gasteiger partial charge < -0.3 is 15.2 Å². The van der Waals surface area contributed by atoms with Gasteiger partial charge >= 0.3 is 29.6 Å². The summed E-state index contributed by atoms with van der Waals surface area (Å²) >= 11 is 12.4. The predicted molar refractivity (Wildman–Crippen MR) is 149 cm³/mol. The molecule has 0 unspecified atom stereocenters. The first-order valence-corrected chi connectivity index (χ1v) is 13.9. The number of amides is 1. The van der Waals surface area contributed by atoms with Crippen molar-refractivity contribution >= 4 is 67.1 Å². The molecule has 4 aromatic rings. The van der Waals surface area contributed by atoms with Gasteiger partial charge in [-0.1, -0.05) is 60.1 Å². The van der Waals surface area contributed by atoms with Crippen molar-refractivity contribution in [3.8, 4) is 11.5 Å². The SMILES string of the molecule is CCOc1ccc(Cl)cc1NC(=O)c1cc2ccccc2c(N=Nc2c(Cl)ccc(S(=O)(=O)O)c2CC)c1[O-].[Na+]. The van der Waals surface area contributed by atoms with Gasteiger partial charge in [0.1, 0.15) is 11.4 Å². The second-order valence-corrected chi connectivity index (χ2v) is 10.5. The van der Waals surface area contributed by atoms with Crippen LogP contribution in [0.5, 0.6) is 11.5 Å². The molecule has 40 heavy (non-hydrogen) atoms. The van der Waals surface area contributed by atoms with Crippen LogP contribution in [0.1, 0.15) is 29.8 Å². The number of benzene rings is 4. The van der Waals surface area contributed by atoms with Crippen molar-refractivity contribution in [2.75, 3.05) is 11.9 Å². The molecule has 0 aromatic heterocycles. The van der Waals surface area contributed by atoms with E-state index >= 15 is 0 Å². The molecule has 1 amide bonds. The number of hydrogen-bond donors (Lipinski definition) is 2. The van der Waals surface area contributed by atoms with Crippen LogP contribution in [-0.4, -0.2) is 25.5 Å². The number of rotatable bonds is 8. The summed E-state index contributed by atoms with van der Waals surface area (Å²) in [4.78, 5) is 12.9. The van der Waals surface area contributed by atoms with Gasteiger partial charge in [-0.15, -0.1) is 5.11 Å². The first kappa shape index (κ1) is 31.8. The Bertz CT molecular complexity index is 1730. The van der Waals surface area contributed by atoms with Crippen LogP contribution in [0.4, 0.5) is 17.1 Å². The number of hydrogen-bond acceptors (Lipinski definition) is 7. The Morgan fingerprint density at radius 1 is 1.02 bits per heavy atom. The zero-order valence-corrected chi connectivity index (χ0v) is 26.1. The molecule has 0 spiro atoms. The van der Waals surface area contributed by atoms with Gasteiger partial charge in [-0.3, -0.25) is 9.35 Å². The van der Waals surface area contributed by atoms with E-state index in [0.29, 0.717) is 28.2 Å². The van der Waals surface area contributed by atoms with Crippen molar-refractivity contribution in [2.24, 2.45) is 10.2 Å². The number of fused-ring (bicyclic) bond motifs is 1. The number of azo groups is 1. The molecule has 4 aromatic carbocycles. The molecule has 202 valence electrons. The molecule has 0 radical (unpaired) electrons. The maximum Gasteiger partial charge on any atom is 1.00 e. The van der Waals surface area contributed by atoms with Gasteiger partial charge in [-0.05, 0) is 55.1 Å². The summed E-state index contributed by atoms with van der Waals surface area (Å²) in [6, 6.07) is 15.4. The number of halogens is 2. The number of carbonyl (C=O) groups excluding carboxylic acids is 1. The van der Waals surface area contributed by atoms with Crippen molar-refractivity contribution in [1.82, 2.24) is 0 Å². The van der Waals surface area contributed by atoms with Gasteiger partial charge in [-0.2, -0.15) is 13.5 Å². The van der Waals surface area contributed by atoms with Crippen molar-refractivity contribution in [3.63, 3.8) is 0 Å². The van der Waals surface area contributed by atoms with E-state index in [0.717, 1.165) is 0 Å². The smallest absolute Gasteiger partial charge is 0.870 e. The Kier molecular flexibility index (Phi) is 10.6. The van der Waals surface area contributed by atoms with Crippen LogP contribution in [-0.2, 0) is 16.5 Å². The van der Waals surface area contributed by atoms with Crippen LogP contribution in [0.25, 0.3) is 10.8 Å². The van der Waals surface area contributed by atoms with Gasteiger partial charge in [0.25, 0.3) is 16.0 Å². The normalized spacial score (nSPS) is 11.4. The zero-order chi connectivity index (χ0) is 28.3. The minimum absolute atomic E-state index is 0. The van der Waals surface area contributed by atoms with Crippen molar-refractivity contribution < 1.29 is 57.2 Å². The van der Waals surface area contributed by atoms with E-state index in [1.807, 2.05) is 0 Å². The predicted octanol–water partition coefficient (Wildman–Crippen LogP) is 4.10. The summed E-state index contributed by atoms with van der Waals surface area (Å²) in [6.45, 7) is 3.79. The fourth-order valence-electron chi connectivity index (χ4n) is 4.03. The van der Waals surface area contributed by atoms with Gasteiger partial charge in [0.2, 0.25) is 0 Å². The zero-order valence-electron chi connectivity index (χ0n) is 21.7. The first-order chi connectivity index (χ1) is 18.5. The Balaban J connectivity index is 0.00000441. The second-order valence-electron chi connectivity index (χ2n) is 8.25. The van der Waals surface area contributed by atoms with Crippen molar-refractivity contribution in [2.45, 2.75) is 25.2 Å². The molecular formula is C27H22Cl2N3NaO6S. The maximum absolute atomic E-state index is 13.5. The fourth-order valence-corrected chi connectivity index (χ4v) is 5.21. The number of carbonyl (C=O) groups is 1. The average Bonchev–Trinajstić information content (AvgIpc) is 2.89. The van der Waals surface area contributed by atoms with E-state index < -0.39 is 21.8 Å². The number of nitrogens with zero attached hydrogens (tertiary/aromatic N) is 2. The monoisotopic (exact) mass is 609 g/mol. The summed E-state index contributed by atoms with van der Waals surface area (Å²) in [7, 11) is -4.56. The molecule has 4 rings (SSSR count). The molecule has 0 atom stereocenters. The van der Waals surface area contributed by atoms with E-state index in [4.69, 9.17) is 27.9 Å². The van der Waals surface area contributed by atoms with E-state index in [9.17, 15) is 22.9 Å². The third-order valence-corrected chi connectivity index (χ3v) is 7.26. The van der Waals surface area contributed by atoms with E-state index in [1.54, 1.807) is 50.2 Å². The maximum atomic E-state index is 13.5. The van der Waals surface area contributed by atoms with Crippen LogP contribution in [0.15, 0.2) is 75.8 Å². The molecule has 0 fully saturated rings. The molecule has 2 N–H and O–H groups in total. The standard InChI is InChI=1S/C27H23Cl2N3O6S.Na/c1-3-17-23(39(35,36)37)12-10-20(29)24(17)31-32-25-18-8-6-5-7-15(18)13-19(26(25)33)27(34)30-21-14-16(28)9-11-22(21)38-4-2;/h5-14,33H,3-4H2,1-2H3,(H,30,34)(H,35,36,37);/q;+1/p-1. The second kappa shape index (κ2) is 13.3. The molecule has 13 heteroatoms.